The molecule has 8 heteroatoms. The number of aryl methyl sites for hydroxylation is 1. The fraction of sp³-hybridized carbons (Fsp3) is 0.148. The van der Waals surface area contributed by atoms with Crippen molar-refractivity contribution in [2.75, 3.05) is 14.2 Å². The second-order valence-electron chi connectivity index (χ2n) is 7.72. The molecule has 0 fully saturated rings. The minimum atomic E-state index is -0.717. The Bertz CT molecular complexity index is 1360. The van der Waals surface area contributed by atoms with Gasteiger partial charge < -0.3 is 14.2 Å². The van der Waals surface area contributed by atoms with E-state index < -0.39 is 11.9 Å². The first-order chi connectivity index (χ1) is 16.9. The van der Waals surface area contributed by atoms with Gasteiger partial charge in [0.1, 0.15) is 23.6 Å². The molecule has 0 spiro atoms. The molecule has 0 N–H and O–H groups in total. The largest absolute Gasteiger partial charge is 0.488 e. The molecular weight excluding hydrogens is 512 g/mol. The van der Waals surface area contributed by atoms with Gasteiger partial charge in [0.05, 0.1) is 19.9 Å². The number of hydrogen-bond donors (Lipinski definition) is 0. The maximum atomic E-state index is 13.0. The Morgan fingerprint density at radius 2 is 1.60 bits per heavy atom. The Labute approximate surface area is 211 Å². The van der Waals surface area contributed by atoms with Crippen molar-refractivity contribution in [1.29, 1.82) is 0 Å². The number of para-hydroxylation sites is 1. The molecule has 0 saturated carbocycles. The van der Waals surface area contributed by atoms with Crippen molar-refractivity contribution in [1.82, 2.24) is 9.78 Å². The van der Waals surface area contributed by atoms with Crippen LogP contribution in [0.15, 0.2) is 77.3 Å². The molecule has 0 radical (unpaired) electrons. The molecule has 4 rings (SSSR count). The van der Waals surface area contributed by atoms with Crippen LogP contribution in [0.4, 0.5) is 0 Å². The molecule has 0 unspecified atom stereocenters. The number of halogens is 1. The number of methoxy groups -OCH3 is 2. The standard InChI is InChI=1S/C27H23BrN2O5/c1-17-9-11-18(12-10-17)16-35-22-14-13-19(28)15-21(22)24-23(26(31)33-2)25(27(32)34-3)30(29-24)20-7-5-4-6-8-20/h4-15H,16H2,1-3H3. The molecule has 7 nitrogen and oxygen atoms in total. The first kappa shape index (κ1) is 24.2. The Morgan fingerprint density at radius 3 is 2.26 bits per heavy atom. The van der Waals surface area contributed by atoms with Crippen molar-refractivity contribution in [2.24, 2.45) is 0 Å². The van der Waals surface area contributed by atoms with Crippen molar-refractivity contribution in [3.8, 4) is 22.7 Å². The minimum Gasteiger partial charge on any atom is -0.488 e. The Kier molecular flexibility index (Phi) is 7.31. The molecule has 1 heterocycles. The summed E-state index contributed by atoms with van der Waals surface area (Å²) in [7, 11) is 2.50. The number of esters is 2. The van der Waals surface area contributed by atoms with E-state index in [1.165, 1.54) is 18.9 Å². The smallest absolute Gasteiger partial charge is 0.357 e. The van der Waals surface area contributed by atoms with E-state index >= 15 is 0 Å². The first-order valence-corrected chi connectivity index (χ1v) is 11.6. The second-order valence-corrected chi connectivity index (χ2v) is 8.63. The van der Waals surface area contributed by atoms with Crippen LogP contribution in [0.1, 0.15) is 32.0 Å². The number of rotatable bonds is 7. The van der Waals surface area contributed by atoms with Crippen LogP contribution in [0.3, 0.4) is 0 Å². The molecular formula is C27H23BrN2O5. The van der Waals surface area contributed by atoms with Crippen LogP contribution in [0.25, 0.3) is 16.9 Å². The quantitative estimate of drug-likeness (QED) is 0.280. The van der Waals surface area contributed by atoms with Crippen molar-refractivity contribution < 1.29 is 23.8 Å². The minimum absolute atomic E-state index is 0.0125. The molecule has 3 aromatic carbocycles. The molecule has 35 heavy (non-hydrogen) atoms. The SMILES string of the molecule is COC(=O)c1c(-c2cc(Br)ccc2OCc2ccc(C)cc2)nn(-c2ccccc2)c1C(=O)OC. The van der Waals surface area contributed by atoms with Gasteiger partial charge in [-0.25, -0.2) is 14.3 Å². The maximum absolute atomic E-state index is 13.0. The van der Waals surface area contributed by atoms with E-state index in [1.807, 2.05) is 55.5 Å². The fourth-order valence-corrected chi connectivity index (χ4v) is 3.96. The number of aromatic nitrogens is 2. The van der Waals surface area contributed by atoms with Gasteiger partial charge in [-0.3, -0.25) is 0 Å². The van der Waals surface area contributed by atoms with Crippen molar-refractivity contribution in [2.45, 2.75) is 13.5 Å². The first-order valence-electron chi connectivity index (χ1n) is 10.8. The molecule has 4 aromatic rings. The van der Waals surface area contributed by atoms with Crippen LogP contribution in [0, 0.1) is 6.92 Å². The van der Waals surface area contributed by atoms with Gasteiger partial charge in [-0.05, 0) is 42.8 Å². The van der Waals surface area contributed by atoms with Gasteiger partial charge in [-0.1, -0.05) is 64.0 Å². The highest BCUT2D eigenvalue weighted by Crippen LogP contribution is 2.37. The fourth-order valence-electron chi connectivity index (χ4n) is 3.60. The molecule has 0 amide bonds. The molecule has 178 valence electrons. The van der Waals surface area contributed by atoms with E-state index in [4.69, 9.17) is 14.2 Å². The molecule has 0 bridgehead atoms. The van der Waals surface area contributed by atoms with E-state index in [0.717, 1.165) is 15.6 Å². The topological polar surface area (TPSA) is 79.7 Å². The van der Waals surface area contributed by atoms with Gasteiger partial charge in [0.25, 0.3) is 0 Å². The van der Waals surface area contributed by atoms with Crippen molar-refractivity contribution in [3.05, 3.63) is 99.7 Å². The Morgan fingerprint density at radius 1 is 0.914 bits per heavy atom. The summed E-state index contributed by atoms with van der Waals surface area (Å²) in [4.78, 5) is 25.8. The molecule has 0 aliphatic rings. The van der Waals surface area contributed by atoms with Gasteiger partial charge in [-0.2, -0.15) is 5.10 Å². The van der Waals surface area contributed by atoms with Gasteiger partial charge in [0, 0.05) is 10.0 Å². The highest BCUT2D eigenvalue weighted by atomic mass is 79.9. The van der Waals surface area contributed by atoms with Gasteiger partial charge in [0.2, 0.25) is 0 Å². The predicted octanol–water partition coefficient (Wildman–Crippen LogP) is 5.76. The Hall–Kier alpha value is -3.91. The number of carbonyl (C=O) groups is 2. The zero-order chi connectivity index (χ0) is 24.9. The molecule has 0 aliphatic heterocycles. The summed E-state index contributed by atoms with van der Waals surface area (Å²) in [6.45, 7) is 2.33. The number of ether oxygens (including phenoxy) is 3. The monoisotopic (exact) mass is 534 g/mol. The average Bonchev–Trinajstić information content (AvgIpc) is 3.29. The zero-order valence-electron chi connectivity index (χ0n) is 19.4. The summed E-state index contributed by atoms with van der Waals surface area (Å²) in [6, 6.07) is 22.4. The summed E-state index contributed by atoms with van der Waals surface area (Å²) >= 11 is 3.49. The average molecular weight is 535 g/mol. The van der Waals surface area contributed by atoms with Gasteiger partial charge in [-0.15, -0.1) is 0 Å². The lowest BCUT2D eigenvalue weighted by Gasteiger charge is -2.12. The number of nitrogens with zero attached hydrogens (tertiary/aromatic N) is 2. The van der Waals surface area contributed by atoms with E-state index in [1.54, 1.807) is 24.3 Å². The molecule has 0 saturated heterocycles. The summed E-state index contributed by atoms with van der Waals surface area (Å²) in [5.41, 5.74) is 3.44. The van der Waals surface area contributed by atoms with Crippen LogP contribution in [-0.4, -0.2) is 35.9 Å². The molecule has 0 atom stereocenters. The number of hydrogen-bond acceptors (Lipinski definition) is 6. The van der Waals surface area contributed by atoms with E-state index in [-0.39, 0.29) is 17.0 Å². The highest BCUT2D eigenvalue weighted by Gasteiger charge is 2.32. The second kappa shape index (κ2) is 10.6. The summed E-state index contributed by atoms with van der Waals surface area (Å²) < 4.78 is 18.3. The van der Waals surface area contributed by atoms with Gasteiger partial charge >= 0.3 is 11.9 Å². The normalized spacial score (nSPS) is 10.6. The van der Waals surface area contributed by atoms with Gasteiger partial charge in [0.15, 0.2) is 5.69 Å². The highest BCUT2D eigenvalue weighted by molar-refractivity contribution is 9.10. The van der Waals surface area contributed by atoms with E-state index in [0.29, 0.717) is 23.6 Å². The van der Waals surface area contributed by atoms with Crippen LogP contribution in [0.2, 0.25) is 0 Å². The lowest BCUT2D eigenvalue weighted by atomic mass is 10.0. The maximum Gasteiger partial charge on any atom is 0.357 e. The van der Waals surface area contributed by atoms with Crippen LogP contribution >= 0.6 is 15.9 Å². The summed E-state index contributed by atoms with van der Waals surface area (Å²) in [6.07, 6.45) is 0. The van der Waals surface area contributed by atoms with Crippen LogP contribution in [-0.2, 0) is 16.1 Å². The zero-order valence-corrected chi connectivity index (χ0v) is 21.0. The summed E-state index contributed by atoms with van der Waals surface area (Å²) in [5, 5.41) is 4.67. The number of benzene rings is 3. The van der Waals surface area contributed by atoms with Crippen molar-refractivity contribution >= 4 is 27.9 Å². The third-order valence-electron chi connectivity index (χ3n) is 5.37. The van der Waals surface area contributed by atoms with Crippen LogP contribution in [0.5, 0.6) is 5.75 Å². The third kappa shape index (κ3) is 5.12. The lowest BCUT2D eigenvalue weighted by molar-refractivity contribution is 0.0549. The Balaban J connectivity index is 1.89. The molecule has 0 aliphatic carbocycles. The van der Waals surface area contributed by atoms with Crippen molar-refractivity contribution in [3.63, 3.8) is 0 Å². The molecule has 1 aromatic heterocycles. The van der Waals surface area contributed by atoms with Crippen LogP contribution < -0.4 is 4.74 Å². The predicted molar refractivity (Wildman–Crippen MR) is 135 cm³/mol. The van der Waals surface area contributed by atoms with E-state index in [9.17, 15) is 9.59 Å². The van der Waals surface area contributed by atoms with E-state index in [2.05, 4.69) is 21.0 Å². The number of carbonyl (C=O) groups excluding carboxylic acids is 2. The summed E-state index contributed by atoms with van der Waals surface area (Å²) in [5.74, 6) is -0.940. The lowest BCUT2D eigenvalue weighted by Crippen LogP contribution is -2.15. The third-order valence-corrected chi connectivity index (χ3v) is 5.86.